The van der Waals surface area contributed by atoms with Gasteiger partial charge in [-0.1, -0.05) is 11.6 Å². The van der Waals surface area contributed by atoms with Crippen LogP contribution in [0, 0.1) is 6.92 Å². The normalized spacial score (nSPS) is 18.4. The summed E-state index contributed by atoms with van der Waals surface area (Å²) in [5.41, 5.74) is 5.38. The van der Waals surface area contributed by atoms with E-state index in [9.17, 15) is 4.79 Å². The predicted octanol–water partition coefficient (Wildman–Crippen LogP) is 4.05. The second-order valence-electron chi connectivity index (χ2n) is 7.00. The van der Waals surface area contributed by atoms with Crippen molar-refractivity contribution in [2.75, 3.05) is 11.5 Å². The van der Waals surface area contributed by atoms with Gasteiger partial charge < -0.3 is 5.32 Å². The predicted molar refractivity (Wildman–Crippen MR) is 101 cm³/mol. The molecule has 2 aliphatic rings. The molecule has 0 radical (unpaired) electrons. The van der Waals surface area contributed by atoms with Crippen LogP contribution in [-0.2, 0) is 12.8 Å². The molecule has 0 saturated carbocycles. The van der Waals surface area contributed by atoms with Gasteiger partial charge in [0.15, 0.2) is 0 Å². The molecule has 126 valence electrons. The maximum atomic E-state index is 13.2. The van der Waals surface area contributed by atoms with Gasteiger partial charge in [-0.15, -0.1) is 0 Å². The molecule has 4 rings (SSSR count). The van der Waals surface area contributed by atoms with E-state index in [0.717, 1.165) is 65.8 Å². The highest BCUT2D eigenvalue weighted by Gasteiger charge is 2.24. The second-order valence-corrected chi connectivity index (χ2v) is 8.22. The van der Waals surface area contributed by atoms with Crippen molar-refractivity contribution in [3.05, 3.63) is 40.6 Å². The Hall–Kier alpha value is -1.55. The summed E-state index contributed by atoms with van der Waals surface area (Å²) in [5.74, 6) is 2.42. The molecule has 0 atom stereocenters. The van der Waals surface area contributed by atoms with Gasteiger partial charge in [0.25, 0.3) is 5.91 Å². The van der Waals surface area contributed by atoms with Crippen LogP contribution in [0.2, 0.25) is 0 Å². The smallest absolute Gasteiger partial charge is 0.252 e. The molecule has 1 saturated heterocycles. The number of carbonyl (C=O) groups is 1. The Morgan fingerprint density at radius 1 is 1.21 bits per heavy atom. The molecule has 1 N–H and O–H groups in total. The first-order valence-corrected chi connectivity index (χ1v) is 10.2. The van der Waals surface area contributed by atoms with Crippen LogP contribution in [0.4, 0.5) is 0 Å². The van der Waals surface area contributed by atoms with E-state index in [0.29, 0.717) is 6.04 Å². The lowest BCUT2D eigenvalue weighted by Crippen LogP contribution is -2.38. The van der Waals surface area contributed by atoms with Crippen molar-refractivity contribution < 1.29 is 4.79 Å². The molecule has 3 nitrogen and oxygen atoms in total. The van der Waals surface area contributed by atoms with Crippen LogP contribution in [0.5, 0.6) is 0 Å². The molecule has 1 aliphatic carbocycles. The molecular formula is C20H24N2OS. The second kappa shape index (κ2) is 6.75. The van der Waals surface area contributed by atoms with Gasteiger partial charge in [-0.05, 0) is 74.7 Å². The standard InChI is InChI=1S/C20H24N2OS/c1-13-6-7-18-16(12-13)19(15-4-2-3-5-17(15)22-18)20(23)21-14-8-10-24-11-9-14/h6-7,12,14H,2-5,8-11H2,1H3,(H,21,23). The van der Waals surface area contributed by atoms with Crippen LogP contribution < -0.4 is 5.32 Å². The third kappa shape index (κ3) is 3.04. The quantitative estimate of drug-likeness (QED) is 0.897. The Labute approximate surface area is 147 Å². The maximum absolute atomic E-state index is 13.2. The van der Waals surface area contributed by atoms with Gasteiger partial charge in [-0.2, -0.15) is 11.8 Å². The molecule has 1 aliphatic heterocycles. The number of carbonyl (C=O) groups excluding carboxylic acids is 1. The number of aromatic nitrogens is 1. The van der Waals surface area contributed by atoms with Gasteiger partial charge in [0.1, 0.15) is 0 Å². The van der Waals surface area contributed by atoms with Crippen molar-refractivity contribution in [2.45, 2.75) is 51.5 Å². The molecule has 0 spiro atoms. The Bertz CT molecular complexity index is 781. The summed E-state index contributed by atoms with van der Waals surface area (Å²) in [4.78, 5) is 18.0. The van der Waals surface area contributed by atoms with Crippen molar-refractivity contribution in [1.29, 1.82) is 0 Å². The Morgan fingerprint density at radius 2 is 2.00 bits per heavy atom. The summed E-state index contributed by atoms with van der Waals surface area (Å²) in [5, 5.41) is 4.34. The minimum Gasteiger partial charge on any atom is -0.349 e. The van der Waals surface area contributed by atoms with Crippen molar-refractivity contribution in [3.8, 4) is 0 Å². The van der Waals surface area contributed by atoms with Crippen LogP contribution in [0.15, 0.2) is 18.2 Å². The number of pyridine rings is 1. The molecule has 2 aromatic rings. The SMILES string of the molecule is Cc1ccc2nc3c(c(C(=O)NC4CCSCC4)c2c1)CCCC3. The van der Waals surface area contributed by atoms with Gasteiger partial charge in [0.05, 0.1) is 11.1 Å². The van der Waals surface area contributed by atoms with Gasteiger partial charge in [-0.3, -0.25) is 9.78 Å². The first kappa shape index (κ1) is 15.9. The van der Waals surface area contributed by atoms with E-state index >= 15 is 0 Å². The fourth-order valence-corrected chi connectivity index (χ4v) is 5.00. The number of amides is 1. The number of nitrogens with one attached hydrogen (secondary N) is 1. The van der Waals surface area contributed by atoms with E-state index < -0.39 is 0 Å². The van der Waals surface area contributed by atoms with Crippen molar-refractivity contribution in [2.24, 2.45) is 0 Å². The summed E-state index contributed by atoms with van der Waals surface area (Å²) in [6, 6.07) is 6.60. The average Bonchev–Trinajstić information content (AvgIpc) is 2.60. The minimum absolute atomic E-state index is 0.114. The van der Waals surface area contributed by atoms with Crippen LogP contribution in [0.1, 0.15) is 52.9 Å². The van der Waals surface area contributed by atoms with Gasteiger partial charge in [0.2, 0.25) is 0 Å². The molecule has 2 heterocycles. The Kier molecular flexibility index (Phi) is 4.49. The number of aryl methyl sites for hydroxylation is 2. The molecule has 0 bridgehead atoms. The van der Waals surface area contributed by atoms with E-state index in [1.165, 1.54) is 17.5 Å². The van der Waals surface area contributed by atoms with E-state index in [2.05, 4.69) is 30.4 Å². The zero-order valence-corrected chi connectivity index (χ0v) is 15.0. The molecule has 1 fully saturated rings. The number of thioether (sulfide) groups is 1. The molecule has 1 amide bonds. The van der Waals surface area contributed by atoms with E-state index in [1.807, 2.05) is 11.8 Å². The number of nitrogens with zero attached hydrogens (tertiary/aromatic N) is 1. The van der Waals surface area contributed by atoms with Gasteiger partial charge >= 0.3 is 0 Å². The zero-order chi connectivity index (χ0) is 16.5. The van der Waals surface area contributed by atoms with E-state index in [4.69, 9.17) is 4.98 Å². The van der Waals surface area contributed by atoms with Crippen LogP contribution in [0.3, 0.4) is 0 Å². The summed E-state index contributed by atoms with van der Waals surface area (Å²) >= 11 is 1.99. The van der Waals surface area contributed by atoms with Crippen molar-refractivity contribution >= 4 is 28.6 Å². The largest absolute Gasteiger partial charge is 0.349 e. The maximum Gasteiger partial charge on any atom is 0.252 e. The third-order valence-electron chi connectivity index (χ3n) is 5.20. The lowest BCUT2D eigenvalue weighted by molar-refractivity contribution is 0.0935. The summed E-state index contributed by atoms with van der Waals surface area (Å²) in [6.07, 6.45) is 6.49. The first-order valence-electron chi connectivity index (χ1n) is 9.03. The first-order chi connectivity index (χ1) is 11.7. The molecular weight excluding hydrogens is 316 g/mol. The minimum atomic E-state index is 0.114. The summed E-state index contributed by atoms with van der Waals surface area (Å²) < 4.78 is 0. The highest BCUT2D eigenvalue weighted by molar-refractivity contribution is 7.99. The lowest BCUT2D eigenvalue weighted by atomic mass is 9.89. The number of hydrogen-bond acceptors (Lipinski definition) is 3. The average molecular weight is 340 g/mol. The Morgan fingerprint density at radius 3 is 2.83 bits per heavy atom. The topological polar surface area (TPSA) is 42.0 Å². The highest BCUT2D eigenvalue weighted by Crippen LogP contribution is 2.30. The fraction of sp³-hybridized carbons (Fsp3) is 0.500. The molecule has 0 unspecified atom stereocenters. The fourth-order valence-electron chi connectivity index (χ4n) is 3.90. The Balaban J connectivity index is 1.79. The zero-order valence-electron chi connectivity index (χ0n) is 14.2. The van der Waals surface area contributed by atoms with Crippen LogP contribution >= 0.6 is 11.8 Å². The molecule has 1 aromatic heterocycles. The van der Waals surface area contributed by atoms with Crippen molar-refractivity contribution in [3.63, 3.8) is 0 Å². The number of fused-ring (bicyclic) bond motifs is 2. The van der Waals surface area contributed by atoms with Crippen LogP contribution in [0.25, 0.3) is 10.9 Å². The number of hydrogen-bond donors (Lipinski definition) is 1. The monoisotopic (exact) mass is 340 g/mol. The van der Waals surface area contributed by atoms with E-state index in [-0.39, 0.29) is 5.91 Å². The van der Waals surface area contributed by atoms with E-state index in [1.54, 1.807) is 0 Å². The third-order valence-corrected chi connectivity index (χ3v) is 6.25. The summed E-state index contributed by atoms with van der Waals surface area (Å²) in [6.45, 7) is 2.08. The van der Waals surface area contributed by atoms with Gasteiger partial charge in [0, 0.05) is 17.1 Å². The lowest BCUT2D eigenvalue weighted by Gasteiger charge is -2.25. The number of rotatable bonds is 2. The summed E-state index contributed by atoms with van der Waals surface area (Å²) in [7, 11) is 0. The highest BCUT2D eigenvalue weighted by atomic mass is 32.2. The molecule has 1 aromatic carbocycles. The number of benzene rings is 1. The molecule has 24 heavy (non-hydrogen) atoms. The van der Waals surface area contributed by atoms with Crippen LogP contribution in [-0.4, -0.2) is 28.4 Å². The van der Waals surface area contributed by atoms with Gasteiger partial charge in [-0.25, -0.2) is 0 Å². The van der Waals surface area contributed by atoms with Crippen molar-refractivity contribution in [1.82, 2.24) is 10.3 Å². The molecule has 4 heteroatoms.